The minimum atomic E-state index is 0.208. The predicted molar refractivity (Wildman–Crippen MR) is 79.8 cm³/mol. The number of nitrogens with zero attached hydrogens (tertiary/aromatic N) is 1. The predicted octanol–water partition coefficient (Wildman–Crippen LogP) is 2.45. The molecule has 0 bridgehead atoms. The second-order valence-corrected chi connectivity index (χ2v) is 6.11. The molecule has 1 aliphatic rings. The summed E-state index contributed by atoms with van der Waals surface area (Å²) in [5.41, 5.74) is 1.46. The molecule has 0 spiro atoms. The first-order valence-electron chi connectivity index (χ1n) is 7.22. The quantitative estimate of drug-likeness (QED) is 0.902. The van der Waals surface area contributed by atoms with Gasteiger partial charge in [0.25, 0.3) is 0 Å². The normalized spacial score (nSPS) is 19.9. The van der Waals surface area contributed by atoms with Crippen LogP contribution in [0.2, 0.25) is 0 Å². The van der Waals surface area contributed by atoms with E-state index in [1.165, 1.54) is 12.0 Å². The molecular formula is C16H26N2O. The Hall–Kier alpha value is -1.06. The van der Waals surface area contributed by atoms with E-state index in [1.54, 1.807) is 0 Å². The average molecular weight is 262 g/mol. The maximum absolute atomic E-state index is 5.84. The van der Waals surface area contributed by atoms with Crippen molar-refractivity contribution in [3.8, 4) is 5.75 Å². The molecule has 1 aliphatic heterocycles. The molecule has 0 saturated carbocycles. The van der Waals surface area contributed by atoms with Crippen LogP contribution in [0, 0.1) is 6.92 Å². The van der Waals surface area contributed by atoms with Crippen molar-refractivity contribution in [2.45, 2.75) is 32.7 Å². The third-order valence-electron chi connectivity index (χ3n) is 3.54. The fourth-order valence-electron chi connectivity index (χ4n) is 2.61. The van der Waals surface area contributed by atoms with E-state index < -0.39 is 0 Å². The minimum Gasteiger partial charge on any atom is -0.492 e. The van der Waals surface area contributed by atoms with Crippen LogP contribution in [0.5, 0.6) is 5.75 Å². The van der Waals surface area contributed by atoms with Gasteiger partial charge in [-0.1, -0.05) is 12.1 Å². The zero-order valence-corrected chi connectivity index (χ0v) is 12.4. The molecule has 0 radical (unpaired) electrons. The summed E-state index contributed by atoms with van der Waals surface area (Å²) in [5, 5.41) is 3.58. The Bertz CT molecular complexity index is 403. The Labute approximate surface area is 116 Å². The summed E-state index contributed by atoms with van der Waals surface area (Å²) in [6.45, 7) is 11.8. The molecule has 0 atom stereocenters. The van der Waals surface area contributed by atoms with E-state index >= 15 is 0 Å². The number of hydrogen-bond acceptors (Lipinski definition) is 3. The zero-order valence-electron chi connectivity index (χ0n) is 12.4. The van der Waals surface area contributed by atoms with E-state index in [0.29, 0.717) is 0 Å². The number of nitrogens with one attached hydrogen (secondary N) is 1. The van der Waals surface area contributed by atoms with Crippen LogP contribution in [0.4, 0.5) is 0 Å². The van der Waals surface area contributed by atoms with Gasteiger partial charge in [-0.3, -0.25) is 4.90 Å². The van der Waals surface area contributed by atoms with Crippen molar-refractivity contribution in [1.82, 2.24) is 10.2 Å². The van der Waals surface area contributed by atoms with E-state index in [4.69, 9.17) is 4.74 Å². The molecule has 1 aromatic rings. The lowest BCUT2D eigenvalue weighted by atomic mass is 10.1. The van der Waals surface area contributed by atoms with Crippen molar-refractivity contribution in [2.75, 3.05) is 32.8 Å². The van der Waals surface area contributed by atoms with Crippen molar-refractivity contribution in [3.63, 3.8) is 0 Å². The van der Waals surface area contributed by atoms with Crippen molar-refractivity contribution < 1.29 is 4.74 Å². The highest BCUT2D eigenvalue weighted by atomic mass is 16.5. The minimum absolute atomic E-state index is 0.208. The van der Waals surface area contributed by atoms with Crippen LogP contribution in [0.3, 0.4) is 0 Å². The maximum Gasteiger partial charge on any atom is 0.119 e. The molecule has 1 heterocycles. The van der Waals surface area contributed by atoms with Gasteiger partial charge in [0, 0.05) is 18.6 Å². The monoisotopic (exact) mass is 262 g/mol. The lowest BCUT2D eigenvalue weighted by Crippen LogP contribution is -2.47. The molecule has 2 rings (SSSR count). The first-order valence-corrected chi connectivity index (χ1v) is 7.22. The van der Waals surface area contributed by atoms with Crippen LogP contribution in [0.1, 0.15) is 25.8 Å². The van der Waals surface area contributed by atoms with E-state index in [9.17, 15) is 0 Å². The smallest absolute Gasteiger partial charge is 0.119 e. The first kappa shape index (κ1) is 14.4. The summed E-state index contributed by atoms with van der Waals surface area (Å²) in [4.78, 5) is 2.50. The zero-order chi connectivity index (χ0) is 13.7. The fraction of sp³-hybridized carbons (Fsp3) is 0.625. The summed E-state index contributed by atoms with van der Waals surface area (Å²) in [7, 11) is 0. The van der Waals surface area contributed by atoms with Gasteiger partial charge >= 0.3 is 0 Å². The van der Waals surface area contributed by atoms with Crippen molar-refractivity contribution in [1.29, 1.82) is 0 Å². The third kappa shape index (κ3) is 4.84. The van der Waals surface area contributed by atoms with Crippen LogP contribution in [0.15, 0.2) is 24.3 Å². The van der Waals surface area contributed by atoms with Crippen molar-refractivity contribution in [2.24, 2.45) is 0 Å². The molecular weight excluding hydrogens is 236 g/mol. The van der Waals surface area contributed by atoms with Crippen LogP contribution in [-0.4, -0.2) is 43.2 Å². The first-order chi connectivity index (χ1) is 9.05. The van der Waals surface area contributed by atoms with Gasteiger partial charge in [-0.2, -0.15) is 0 Å². The highest BCUT2D eigenvalue weighted by molar-refractivity contribution is 5.27. The number of aryl methyl sites for hydroxylation is 1. The Balaban J connectivity index is 1.78. The summed E-state index contributed by atoms with van der Waals surface area (Å²) in [6.07, 6.45) is 1.22. The maximum atomic E-state index is 5.84. The molecule has 0 amide bonds. The largest absolute Gasteiger partial charge is 0.492 e. The molecule has 3 heteroatoms. The van der Waals surface area contributed by atoms with Crippen LogP contribution < -0.4 is 10.1 Å². The summed E-state index contributed by atoms with van der Waals surface area (Å²) < 4.78 is 5.84. The second-order valence-electron chi connectivity index (χ2n) is 6.11. The van der Waals surface area contributed by atoms with Gasteiger partial charge in [0.05, 0.1) is 0 Å². The molecule has 1 N–H and O–H groups in total. The topological polar surface area (TPSA) is 24.5 Å². The van der Waals surface area contributed by atoms with Gasteiger partial charge in [0.1, 0.15) is 12.4 Å². The van der Waals surface area contributed by atoms with Gasteiger partial charge in [-0.25, -0.2) is 0 Å². The lowest BCUT2D eigenvalue weighted by Gasteiger charge is -2.29. The molecule has 1 aromatic carbocycles. The van der Waals surface area contributed by atoms with Crippen LogP contribution >= 0.6 is 0 Å². The Morgan fingerprint density at radius 2 is 2.21 bits per heavy atom. The van der Waals surface area contributed by atoms with Gasteiger partial charge in [0.2, 0.25) is 0 Å². The highest BCUT2D eigenvalue weighted by Crippen LogP contribution is 2.13. The average Bonchev–Trinajstić information content (AvgIpc) is 2.50. The fourth-order valence-corrected chi connectivity index (χ4v) is 2.61. The van der Waals surface area contributed by atoms with E-state index in [-0.39, 0.29) is 5.54 Å². The van der Waals surface area contributed by atoms with E-state index in [0.717, 1.165) is 38.5 Å². The molecule has 1 fully saturated rings. The second kappa shape index (κ2) is 6.40. The molecule has 3 nitrogen and oxygen atoms in total. The summed E-state index contributed by atoms with van der Waals surface area (Å²) in [6, 6.07) is 8.26. The Morgan fingerprint density at radius 1 is 1.37 bits per heavy atom. The lowest BCUT2D eigenvalue weighted by molar-refractivity contribution is 0.187. The molecule has 1 saturated heterocycles. The van der Waals surface area contributed by atoms with E-state index in [2.05, 4.69) is 43.1 Å². The van der Waals surface area contributed by atoms with Crippen LogP contribution in [-0.2, 0) is 0 Å². The van der Waals surface area contributed by atoms with Crippen LogP contribution in [0.25, 0.3) is 0 Å². The molecule has 19 heavy (non-hydrogen) atoms. The van der Waals surface area contributed by atoms with Crippen molar-refractivity contribution >= 4 is 0 Å². The number of hydrogen-bond donors (Lipinski definition) is 1. The van der Waals surface area contributed by atoms with Gasteiger partial charge in [0.15, 0.2) is 0 Å². The molecule has 0 aliphatic carbocycles. The third-order valence-corrected chi connectivity index (χ3v) is 3.54. The number of benzene rings is 1. The Morgan fingerprint density at radius 3 is 3.00 bits per heavy atom. The number of rotatable bonds is 4. The molecule has 106 valence electrons. The summed E-state index contributed by atoms with van der Waals surface area (Å²) in [5.74, 6) is 0.979. The van der Waals surface area contributed by atoms with Crippen molar-refractivity contribution in [3.05, 3.63) is 29.8 Å². The van der Waals surface area contributed by atoms with E-state index in [1.807, 2.05) is 12.1 Å². The van der Waals surface area contributed by atoms with Gasteiger partial charge in [-0.15, -0.1) is 0 Å². The number of ether oxygens (including phenoxy) is 1. The van der Waals surface area contributed by atoms with Gasteiger partial charge < -0.3 is 10.1 Å². The Kier molecular flexibility index (Phi) is 4.83. The SMILES string of the molecule is Cc1cccc(OCCN2CCCNC(C)(C)C2)c1. The molecule has 0 aromatic heterocycles. The summed E-state index contributed by atoms with van der Waals surface area (Å²) >= 11 is 0. The molecule has 0 unspecified atom stereocenters. The van der Waals surface area contributed by atoms with Gasteiger partial charge in [-0.05, 0) is 58.0 Å². The highest BCUT2D eigenvalue weighted by Gasteiger charge is 2.23. The standard InChI is InChI=1S/C16H26N2O/c1-14-6-4-7-15(12-14)19-11-10-18-9-5-8-17-16(2,3)13-18/h4,6-7,12,17H,5,8-11,13H2,1-3H3.